The third-order valence-corrected chi connectivity index (χ3v) is 3.76. The van der Waals surface area contributed by atoms with E-state index in [1.807, 2.05) is 12.2 Å². The molecule has 0 saturated heterocycles. The minimum Gasteiger partial charge on any atom is -0.366 e. The summed E-state index contributed by atoms with van der Waals surface area (Å²) >= 11 is 0. The fraction of sp³-hybridized carbons (Fsp3) is 0.471. The number of alkyl halides is 3. The molecule has 7 nitrogen and oxygen atoms in total. The van der Waals surface area contributed by atoms with Gasteiger partial charge in [0, 0.05) is 11.7 Å². The summed E-state index contributed by atoms with van der Waals surface area (Å²) in [6.45, 7) is 1.91. The Morgan fingerprint density at radius 3 is 2.44 bits per heavy atom. The number of nitrogens with one attached hydrogen (secondary N) is 2. The van der Waals surface area contributed by atoms with Crippen molar-refractivity contribution in [3.05, 3.63) is 24.3 Å². The fourth-order valence-electron chi connectivity index (χ4n) is 2.24. The second-order valence-electron chi connectivity index (χ2n) is 6.17. The Hall–Kier alpha value is -2.62. The van der Waals surface area contributed by atoms with Crippen LogP contribution in [-0.2, 0) is 4.79 Å². The summed E-state index contributed by atoms with van der Waals surface area (Å²) in [7, 11) is 0. The first-order chi connectivity index (χ1) is 12.7. The highest BCUT2D eigenvalue weighted by Gasteiger charge is 2.38. The standard InChI is InChI=1S/C17H22F3N5O2/c1-2-3-13(14(25-21)15(26)23-11-6-7-11)22-10-4-8-12(9-5-10)24-16(27)17(18,19)20/h4-5,8-9,11,16,24,27H,2-3,6-7,21H2,1H3,(H,23,26). The van der Waals surface area contributed by atoms with E-state index < -0.39 is 18.3 Å². The van der Waals surface area contributed by atoms with Gasteiger partial charge in [-0.3, -0.25) is 9.79 Å². The highest BCUT2D eigenvalue weighted by molar-refractivity contribution is 6.67. The van der Waals surface area contributed by atoms with Gasteiger partial charge in [-0.2, -0.15) is 18.3 Å². The zero-order valence-electron chi connectivity index (χ0n) is 14.8. The maximum Gasteiger partial charge on any atom is 0.433 e. The van der Waals surface area contributed by atoms with E-state index in [9.17, 15) is 18.0 Å². The summed E-state index contributed by atoms with van der Waals surface area (Å²) in [6, 6.07) is 5.77. The van der Waals surface area contributed by atoms with Crippen molar-refractivity contribution in [1.82, 2.24) is 5.32 Å². The largest absolute Gasteiger partial charge is 0.433 e. The lowest BCUT2D eigenvalue weighted by Crippen LogP contribution is -2.37. The Bertz CT molecular complexity index is 712. The van der Waals surface area contributed by atoms with Crippen LogP contribution in [0.5, 0.6) is 0 Å². The van der Waals surface area contributed by atoms with Crippen LogP contribution < -0.4 is 16.5 Å². The molecule has 0 heterocycles. The number of hydrogen-bond acceptors (Lipinski definition) is 6. The molecule has 1 atom stereocenters. The molecular formula is C17H22F3N5O2. The normalized spacial score (nSPS) is 16.8. The molecule has 0 spiro atoms. The first-order valence-corrected chi connectivity index (χ1v) is 8.52. The minimum absolute atomic E-state index is 0.0402. The van der Waals surface area contributed by atoms with E-state index in [4.69, 9.17) is 10.9 Å². The van der Waals surface area contributed by atoms with E-state index >= 15 is 0 Å². The molecule has 2 rings (SSSR count). The van der Waals surface area contributed by atoms with Crippen molar-refractivity contribution in [3.63, 3.8) is 0 Å². The summed E-state index contributed by atoms with van der Waals surface area (Å²) < 4.78 is 37.1. The number of nitrogens with two attached hydrogens (primary N) is 1. The van der Waals surface area contributed by atoms with Crippen LogP contribution in [-0.4, -0.2) is 40.9 Å². The second kappa shape index (κ2) is 8.85. The number of aliphatic hydroxyl groups is 1. The van der Waals surface area contributed by atoms with Crippen LogP contribution in [0.4, 0.5) is 24.5 Å². The summed E-state index contributed by atoms with van der Waals surface area (Å²) in [5, 5.41) is 17.3. The van der Waals surface area contributed by atoms with Gasteiger partial charge in [-0.1, -0.05) is 13.3 Å². The molecule has 0 aliphatic heterocycles. The predicted molar refractivity (Wildman–Crippen MR) is 96.9 cm³/mol. The minimum atomic E-state index is -4.77. The Morgan fingerprint density at radius 1 is 1.33 bits per heavy atom. The molecule has 27 heavy (non-hydrogen) atoms. The number of rotatable bonds is 8. The number of aliphatic hydroxyl groups excluding tert-OH is 1. The first kappa shape index (κ1) is 20.7. The van der Waals surface area contributed by atoms with Crippen LogP contribution in [0.3, 0.4) is 0 Å². The Labute approximate surface area is 154 Å². The van der Waals surface area contributed by atoms with Crippen LogP contribution in [0.15, 0.2) is 34.4 Å². The molecule has 1 aliphatic carbocycles. The quantitative estimate of drug-likeness (QED) is 0.238. The van der Waals surface area contributed by atoms with Crippen molar-refractivity contribution in [2.24, 2.45) is 15.9 Å². The van der Waals surface area contributed by atoms with E-state index in [0.717, 1.165) is 12.8 Å². The molecule has 5 N–H and O–H groups in total. The number of halogens is 3. The zero-order valence-corrected chi connectivity index (χ0v) is 14.8. The van der Waals surface area contributed by atoms with Crippen molar-refractivity contribution >= 4 is 28.7 Å². The van der Waals surface area contributed by atoms with Gasteiger partial charge >= 0.3 is 6.18 Å². The molecule has 1 aromatic rings. The Kier molecular flexibility index (Phi) is 6.78. The van der Waals surface area contributed by atoms with Crippen LogP contribution >= 0.6 is 0 Å². The molecule has 0 radical (unpaired) electrons. The number of anilines is 1. The van der Waals surface area contributed by atoms with Crippen molar-refractivity contribution in [2.45, 2.75) is 51.1 Å². The Balaban J connectivity index is 2.15. The van der Waals surface area contributed by atoms with Gasteiger partial charge in [0.2, 0.25) is 6.23 Å². The average Bonchev–Trinajstić information content (AvgIpc) is 3.40. The Morgan fingerprint density at radius 2 is 1.96 bits per heavy atom. The molecular weight excluding hydrogens is 363 g/mol. The number of aliphatic imine (C=N–C) groups is 1. The van der Waals surface area contributed by atoms with Gasteiger partial charge in [-0.25, -0.2) is 0 Å². The maximum absolute atomic E-state index is 12.4. The number of amides is 1. The molecule has 1 amide bonds. The van der Waals surface area contributed by atoms with E-state index in [0.29, 0.717) is 24.2 Å². The highest BCUT2D eigenvalue weighted by atomic mass is 19.4. The topological polar surface area (TPSA) is 112 Å². The van der Waals surface area contributed by atoms with Crippen LogP contribution in [0.25, 0.3) is 0 Å². The first-order valence-electron chi connectivity index (χ1n) is 8.52. The van der Waals surface area contributed by atoms with Gasteiger partial charge in [0.15, 0.2) is 5.71 Å². The zero-order chi connectivity index (χ0) is 20.0. The van der Waals surface area contributed by atoms with Crippen LogP contribution in [0.2, 0.25) is 0 Å². The predicted octanol–water partition coefficient (Wildman–Crippen LogP) is 2.45. The third kappa shape index (κ3) is 6.24. The van der Waals surface area contributed by atoms with Crippen LogP contribution in [0, 0.1) is 0 Å². The third-order valence-electron chi connectivity index (χ3n) is 3.76. The molecule has 1 fully saturated rings. The van der Waals surface area contributed by atoms with Crippen molar-refractivity contribution in [2.75, 3.05) is 5.32 Å². The molecule has 0 bridgehead atoms. The number of carbonyl (C=O) groups is 1. The fourth-order valence-corrected chi connectivity index (χ4v) is 2.24. The average molecular weight is 385 g/mol. The summed E-state index contributed by atoms with van der Waals surface area (Å²) in [6.07, 6.45) is -4.44. The summed E-state index contributed by atoms with van der Waals surface area (Å²) in [5.74, 6) is 4.99. The van der Waals surface area contributed by atoms with E-state index in [1.54, 1.807) is 0 Å². The summed E-state index contributed by atoms with van der Waals surface area (Å²) in [4.78, 5) is 16.6. The molecule has 1 aromatic carbocycles. The monoisotopic (exact) mass is 385 g/mol. The molecule has 1 aliphatic rings. The van der Waals surface area contributed by atoms with Gasteiger partial charge < -0.3 is 21.6 Å². The van der Waals surface area contributed by atoms with E-state index in [2.05, 4.69) is 15.4 Å². The molecule has 148 valence electrons. The lowest BCUT2D eigenvalue weighted by Gasteiger charge is -2.17. The number of nitrogens with zero attached hydrogens (tertiary/aromatic N) is 2. The highest BCUT2D eigenvalue weighted by Crippen LogP contribution is 2.24. The number of benzene rings is 1. The second-order valence-corrected chi connectivity index (χ2v) is 6.17. The van der Waals surface area contributed by atoms with Gasteiger partial charge in [-0.05, 0) is 43.5 Å². The molecule has 0 aromatic heterocycles. The number of hydrogen-bond donors (Lipinski definition) is 4. The summed E-state index contributed by atoms with van der Waals surface area (Å²) in [5.41, 5.74) is 0.938. The van der Waals surface area contributed by atoms with Crippen molar-refractivity contribution in [1.29, 1.82) is 0 Å². The smallest absolute Gasteiger partial charge is 0.366 e. The number of hydrazone groups is 1. The lowest BCUT2D eigenvalue weighted by molar-refractivity contribution is -0.194. The van der Waals surface area contributed by atoms with Gasteiger partial charge in [-0.15, -0.1) is 0 Å². The van der Waals surface area contributed by atoms with Crippen molar-refractivity contribution < 1.29 is 23.1 Å². The molecule has 1 saturated carbocycles. The SMILES string of the molecule is CCCC(=Nc1ccc(NC(O)C(F)(F)F)cc1)C(=NN)C(=O)NC1CC1. The van der Waals surface area contributed by atoms with Gasteiger partial charge in [0.1, 0.15) is 0 Å². The van der Waals surface area contributed by atoms with Gasteiger partial charge in [0.05, 0.1) is 11.4 Å². The molecule has 10 heteroatoms. The van der Waals surface area contributed by atoms with Gasteiger partial charge in [0.25, 0.3) is 5.91 Å². The van der Waals surface area contributed by atoms with E-state index in [1.165, 1.54) is 24.3 Å². The number of carbonyl (C=O) groups excluding carboxylic acids is 1. The maximum atomic E-state index is 12.4. The van der Waals surface area contributed by atoms with Crippen LogP contribution in [0.1, 0.15) is 32.6 Å². The van der Waals surface area contributed by atoms with Crippen molar-refractivity contribution in [3.8, 4) is 0 Å². The molecule has 1 unspecified atom stereocenters. The van der Waals surface area contributed by atoms with E-state index in [-0.39, 0.29) is 17.4 Å². The lowest BCUT2D eigenvalue weighted by atomic mass is 10.1.